The minimum absolute atomic E-state index is 0.238. The van der Waals surface area contributed by atoms with Crippen LogP contribution in [0.1, 0.15) is 24.5 Å². The van der Waals surface area contributed by atoms with Gasteiger partial charge in [-0.3, -0.25) is 4.98 Å². The smallest absolute Gasteiger partial charge is 0.282 e. The number of hydrogen-bond donors (Lipinski definition) is 1. The van der Waals surface area contributed by atoms with Crippen molar-refractivity contribution in [2.24, 2.45) is 0 Å². The molecule has 2 aliphatic rings. The highest BCUT2D eigenvalue weighted by atomic mass is 32.2. The molecule has 2 saturated heterocycles. The topological polar surface area (TPSA) is 87.7 Å². The zero-order valence-electron chi connectivity index (χ0n) is 13.3. The molecule has 0 radical (unpaired) electrons. The predicted molar refractivity (Wildman–Crippen MR) is 86.4 cm³/mol. The number of morpholine rings is 1. The Kier molecular flexibility index (Phi) is 5.10. The number of rotatable bonds is 4. The van der Waals surface area contributed by atoms with Crippen LogP contribution >= 0.6 is 0 Å². The van der Waals surface area contributed by atoms with E-state index in [2.05, 4.69) is 15.3 Å². The number of piperidine rings is 1. The van der Waals surface area contributed by atoms with Gasteiger partial charge in [-0.25, -0.2) is 4.98 Å². The first kappa shape index (κ1) is 16.6. The summed E-state index contributed by atoms with van der Waals surface area (Å²) in [6, 6.07) is 0. The summed E-state index contributed by atoms with van der Waals surface area (Å²) >= 11 is 0. The summed E-state index contributed by atoms with van der Waals surface area (Å²) in [6.07, 6.45) is 4.87. The van der Waals surface area contributed by atoms with Gasteiger partial charge in [-0.2, -0.15) is 17.0 Å². The zero-order valence-corrected chi connectivity index (χ0v) is 14.1. The van der Waals surface area contributed by atoms with E-state index in [1.165, 1.54) is 4.31 Å². The van der Waals surface area contributed by atoms with Crippen molar-refractivity contribution < 1.29 is 13.2 Å². The van der Waals surface area contributed by atoms with Gasteiger partial charge in [0.1, 0.15) is 5.82 Å². The third-order valence-electron chi connectivity index (χ3n) is 4.43. The number of nitrogens with zero attached hydrogens (tertiary/aromatic N) is 4. The van der Waals surface area contributed by atoms with E-state index in [4.69, 9.17) is 4.74 Å². The SMILES string of the molecule is CNc1nccnc1C1CCN(S(=O)(=O)N2CCOCC2)CC1. The summed E-state index contributed by atoms with van der Waals surface area (Å²) in [5.74, 6) is 1.02. The van der Waals surface area contributed by atoms with Crippen molar-refractivity contribution in [3.8, 4) is 0 Å². The average molecular weight is 341 g/mol. The van der Waals surface area contributed by atoms with E-state index in [9.17, 15) is 8.42 Å². The molecule has 128 valence electrons. The minimum Gasteiger partial charge on any atom is -0.379 e. The molecule has 0 atom stereocenters. The fourth-order valence-electron chi connectivity index (χ4n) is 3.14. The molecule has 0 aromatic carbocycles. The fraction of sp³-hybridized carbons (Fsp3) is 0.714. The summed E-state index contributed by atoms with van der Waals surface area (Å²) in [5.41, 5.74) is 0.929. The fourth-order valence-corrected chi connectivity index (χ4v) is 4.75. The highest BCUT2D eigenvalue weighted by Crippen LogP contribution is 2.31. The largest absolute Gasteiger partial charge is 0.379 e. The van der Waals surface area contributed by atoms with E-state index in [1.54, 1.807) is 16.7 Å². The van der Waals surface area contributed by atoms with Crippen molar-refractivity contribution in [2.75, 3.05) is 51.8 Å². The molecule has 0 unspecified atom stereocenters. The van der Waals surface area contributed by atoms with Crippen LogP contribution in [0.25, 0.3) is 0 Å². The van der Waals surface area contributed by atoms with E-state index >= 15 is 0 Å². The highest BCUT2D eigenvalue weighted by Gasteiger charge is 2.34. The van der Waals surface area contributed by atoms with Crippen LogP contribution in [0.2, 0.25) is 0 Å². The van der Waals surface area contributed by atoms with Crippen molar-refractivity contribution in [3.63, 3.8) is 0 Å². The molecular weight excluding hydrogens is 318 g/mol. The maximum atomic E-state index is 12.7. The second kappa shape index (κ2) is 7.08. The van der Waals surface area contributed by atoms with Crippen LogP contribution in [-0.2, 0) is 14.9 Å². The summed E-state index contributed by atoms with van der Waals surface area (Å²) in [6.45, 7) is 2.86. The summed E-state index contributed by atoms with van der Waals surface area (Å²) in [7, 11) is -1.55. The van der Waals surface area contributed by atoms with Gasteiger partial charge in [-0.1, -0.05) is 0 Å². The van der Waals surface area contributed by atoms with E-state index in [0.29, 0.717) is 39.4 Å². The van der Waals surface area contributed by atoms with Crippen molar-refractivity contribution in [1.29, 1.82) is 0 Å². The Morgan fingerprint density at radius 3 is 2.35 bits per heavy atom. The molecule has 2 fully saturated rings. The Balaban J connectivity index is 1.66. The Morgan fingerprint density at radius 1 is 1.09 bits per heavy atom. The van der Waals surface area contributed by atoms with Gasteiger partial charge in [0.2, 0.25) is 0 Å². The quantitative estimate of drug-likeness (QED) is 0.846. The van der Waals surface area contributed by atoms with Gasteiger partial charge in [-0.15, -0.1) is 0 Å². The predicted octanol–water partition coefficient (Wildman–Crippen LogP) is 0.275. The second-order valence-electron chi connectivity index (χ2n) is 5.73. The Morgan fingerprint density at radius 2 is 1.70 bits per heavy atom. The van der Waals surface area contributed by atoms with E-state index in [0.717, 1.165) is 24.4 Å². The first-order valence-corrected chi connectivity index (χ1v) is 9.34. The molecule has 1 aromatic rings. The first-order valence-electron chi connectivity index (χ1n) is 7.94. The lowest BCUT2D eigenvalue weighted by Gasteiger charge is -2.36. The van der Waals surface area contributed by atoms with Crippen molar-refractivity contribution in [1.82, 2.24) is 18.6 Å². The van der Waals surface area contributed by atoms with Gasteiger partial charge in [0.15, 0.2) is 0 Å². The van der Waals surface area contributed by atoms with Gasteiger partial charge >= 0.3 is 0 Å². The Labute approximate surface area is 137 Å². The molecule has 23 heavy (non-hydrogen) atoms. The lowest BCUT2D eigenvalue weighted by atomic mass is 9.94. The first-order chi connectivity index (χ1) is 11.1. The van der Waals surface area contributed by atoms with Crippen LogP contribution < -0.4 is 5.32 Å². The lowest BCUT2D eigenvalue weighted by Crippen LogP contribution is -2.50. The molecule has 9 heteroatoms. The van der Waals surface area contributed by atoms with Crippen LogP contribution in [0.5, 0.6) is 0 Å². The molecule has 2 aliphatic heterocycles. The van der Waals surface area contributed by atoms with Crippen LogP contribution in [0.3, 0.4) is 0 Å². The Bertz CT molecular complexity index is 625. The summed E-state index contributed by atoms with van der Waals surface area (Å²) < 4.78 is 33.7. The van der Waals surface area contributed by atoms with E-state index in [1.807, 2.05) is 7.05 Å². The maximum Gasteiger partial charge on any atom is 0.282 e. The van der Waals surface area contributed by atoms with Crippen molar-refractivity contribution >= 4 is 16.0 Å². The van der Waals surface area contributed by atoms with Crippen LogP contribution in [0.15, 0.2) is 12.4 Å². The van der Waals surface area contributed by atoms with Crippen LogP contribution in [0.4, 0.5) is 5.82 Å². The van der Waals surface area contributed by atoms with Crippen LogP contribution in [0, 0.1) is 0 Å². The molecule has 3 heterocycles. The number of hydrogen-bond acceptors (Lipinski definition) is 6. The Hall–Kier alpha value is -1.29. The zero-order chi connectivity index (χ0) is 16.3. The average Bonchev–Trinajstić information content (AvgIpc) is 2.62. The monoisotopic (exact) mass is 341 g/mol. The molecule has 0 saturated carbocycles. The van der Waals surface area contributed by atoms with Crippen molar-refractivity contribution in [2.45, 2.75) is 18.8 Å². The highest BCUT2D eigenvalue weighted by molar-refractivity contribution is 7.86. The summed E-state index contributed by atoms with van der Waals surface area (Å²) in [5, 5.41) is 3.06. The molecule has 3 rings (SSSR count). The number of aromatic nitrogens is 2. The molecule has 0 spiro atoms. The van der Waals surface area contributed by atoms with Gasteiger partial charge in [0.05, 0.1) is 18.9 Å². The standard InChI is InChI=1S/C14H23N5O3S/c1-15-14-13(16-4-5-17-14)12-2-6-18(7-3-12)23(20,21)19-8-10-22-11-9-19/h4-5,12H,2-3,6-11H2,1H3,(H,15,17). The van der Waals surface area contributed by atoms with Crippen molar-refractivity contribution in [3.05, 3.63) is 18.1 Å². The van der Waals surface area contributed by atoms with Crippen LogP contribution in [-0.4, -0.2) is 73.4 Å². The number of anilines is 1. The maximum absolute atomic E-state index is 12.7. The van der Waals surface area contributed by atoms with E-state index < -0.39 is 10.2 Å². The molecule has 0 amide bonds. The number of nitrogens with one attached hydrogen (secondary N) is 1. The molecule has 1 N–H and O–H groups in total. The molecular formula is C14H23N5O3S. The molecule has 1 aromatic heterocycles. The van der Waals surface area contributed by atoms with Gasteiger partial charge in [0, 0.05) is 51.5 Å². The van der Waals surface area contributed by atoms with E-state index in [-0.39, 0.29) is 5.92 Å². The third kappa shape index (κ3) is 3.47. The molecule has 0 bridgehead atoms. The molecule has 0 aliphatic carbocycles. The lowest BCUT2D eigenvalue weighted by molar-refractivity contribution is 0.0696. The molecule has 8 nitrogen and oxygen atoms in total. The number of ether oxygens (including phenoxy) is 1. The summed E-state index contributed by atoms with van der Waals surface area (Å²) in [4.78, 5) is 8.72. The second-order valence-corrected chi connectivity index (χ2v) is 7.66. The van der Waals surface area contributed by atoms with Gasteiger partial charge < -0.3 is 10.1 Å². The third-order valence-corrected chi connectivity index (χ3v) is 6.46. The normalized spacial score (nSPS) is 22.1. The minimum atomic E-state index is -3.37. The van der Waals surface area contributed by atoms with Gasteiger partial charge in [-0.05, 0) is 12.8 Å². The van der Waals surface area contributed by atoms with Gasteiger partial charge in [0.25, 0.3) is 10.2 Å².